The highest BCUT2D eigenvalue weighted by Gasteiger charge is 2.05. The number of hydrogen-bond acceptors (Lipinski definition) is 3. The van der Waals surface area contributed by atoms with Gasteiger partial charge in [-0.15, -0.1) is 0 Å². The summed E-state index contributed by atoms with van der Waals surface area (Å²) in [5.41, 5.74) is 1.18. The highest BCUT2D eigenvalue weighted by molar-refractivity contribution is 5.54. The van der Waals surface area contributed by atoms with Crippen LogP contribution < -0.4 is 9.71 Å². The summed E-state index contributed by atoms with van der Waals surface area (Å²) in [4.78, 5) is 0. The maximum absolute atomic E-state index is 11.4. The standard InChI is InChI=1S/C9H13N2O2/c1-10(12)8-4-6-9(7-5-8)11(2,3)13/h4-7H,1-3H3/q-1. The Balaban J connectivity index is 2.94. The smallest absolute Gasteiger partial charge is 0.132 e. The van der Waals surface area contributed by atoms with E-state index in [1.807, 2.05) is 0 Å². The lowest BCUT2D eigenvalue weighted by Gasteiger charge is -2.33. The van der Waals surface area contributed by atoms with E-state index in [0.29, 0.717) is 11.4 Å². The van der Waals surface area contributed by atoms with Crippen molar-refractivity contribution < 1.29 is 0 Å². The van der Waals surface area contributed by atoms with Crippen molar-refractivity contribution >= 4 is 11.4 Å². The summed E-state index contributed by atoms with van der Waals surface area (Å²) in [6.45, 7) is 0. The van der Waals surface area contributed by atoms with Gasteiger partial charge < -0.3 is 20.1 Å². The van der Waals surface area contributed by atoms with Gasteiger partial charge in [0, 0.05) is 17.8 Å². The van der Waals surface area contributed by atoms with E-state index in [4.69, 9.17) is 0 Å². The number of quaternary nitrogens is 1. The molecule has 0 fully saturated rings. The average molecular weight is 181 g/mol. The SMILES string of the molecule is CN([O-])c1ccc([N+](C)(C)[O-])cc1. The molecule has 1 aromatic carbocycles. The molecule has 4 heteroatoms. The van der Waals surface area contributed by atoms with Crippen LogP contribution in [0, 0.1) is 10.4 Å². The van der Waals surface area contributed by atoms with Gasteiger partial charge in [-0.3, -0.25) is 0 Å². The second kappa shape index (κ2) is 3.33. The van der Waals surface area contributed by atoms with Crippen LogP contribution in [-0.2, 0) is 0 Å². The largest absolute Gasteiger partial charge is 0.758 e. The van der Waals surface area contributed by atoms with Gasteiger partial charge in [0.1, 0.15) is 5.69 Å². The van der Waals surface area contributed by atoms with Crippen molar-refractivity contribution in [2.75, 3.05) is 26.2 Å². The number of benzene rings is 1. The number of anilines is 1. The zero-order valence-electron chi connectivity index (χ0n) is 8.02. The van der Waals surface area contributed by atoms with Crippen LogP contribution in [-0.4, -0.2) is 21.1 Å². The van der Waals surface area contributed by atoms with Crippen molar-refractivity contribution in [3.63, 3.8) is 0 Å². The molecular weight excluding hydrogens is 168 g/mol. The van der Waals surface area contributed by atoms with Gasteiger partial charge in [-0.05, 0) is 19.2 Å². The third-order valence-corrected chi connectivity index (χ3v) is 1.84. The zero-order chi connectivity index (χ0) is 10.1. The van der Waals surface area contributed by atoms with Gasteiger partial charge in [0.05, 0.1) is 14.1 Å². The predicted octanol–water partition coefficient (Wildman–Crippen LogP) is 1.69. The van der Waals surface area contributed by atoms with Crippen LogP contribution in [0.3, 0.4) is 0 Å². The van der Waals surface area contributed by atoms with Gasteiger partial charge in [0.2, 0.25) is 0 Å². The Labute approximate surface area is 77.8 Å². The van der Waals surface area contributed by atoms with Crippen molar-refractivity contribution in [1.29, 1.82) is 0 Å². The van der Waals surface area contributed by atoms with E-state index >= 15 is 0 Å². The molecule has 0 bridgehead atoms. The van der Waals surface area contributed by atoms with Gasteiger partial charge >= 0.3 is 0 Å². The molecule has 0 aliphatic heterocycles. The average Bonchev–Trinajstić information content (AvgIpc) is 2.03. The molecule has 0 aliphatic rings. The first-order chi connectivity index (χ1) is 5.91. The molecule has 0 amide bonds. The lowest BCUT2D eigenvalue weighted by atomic mass is 10.2. The van der Waals surface area contributed by atoms with E-state index in [-0.39, 0.29) is 0 Å². The lowest BCUT2D eigenvalue weighted by Crippen LogP contribution is -2.32. The van der Waals surface area contributed by atoms with E-state index in [1.165, 1.54) is 21.1 Å². The lowest BCUT2D eigenvalue weighted by molar-refractivity contribution is 0.543. The molecule has 0 saturated heterocycles. The van der Waals surface area contributed by atoms with Crippen LogP contribution in [0.25, 0.3) is 0 Å². The maximum Gasteiger partial charge on any atom is 0.132 e. The zero-order valence-corrected chi connectivity index (χ0v) is 8.02. The van der Waals surface area contributed by atoms with E-state index in [9.17, 15) is 10.4 Å². The molecule has 0 heterocycles. The van der Waals surface area contributed by atoms with Crippen LogP contribution in [0.4, 0.5) is 11.4 Å². The van der Waals surface area contributed by atoms with Crippen molar-refractivity contribution in [1.82, 2.24) is 4.65 Å². The molecular formula is C9H13N2O2-. The minimum absolute atomic E-state index is 0.483. The van der Waals surface area contributed by atoms with Crippen molar-refractivity contribution in [3.05, 3.63) is 34.7 Å². The molecule has 1 aromatic rings. The van der Waals surface area contributed by atoms with Gasteiger partial charge in [-0.25, -0.2) is 0 Å². The van der Waals surface area contributed by atoms with Crippen LogP contribution in [0.1, 0.15) is 0 Å². The maximum atomic E-state index is 11.4. The summed E-state index contributed by atoms with van der Waals surface area (Å²) in [5.74, 6) is 0. The normalized spacial score (nSPS) is 11.5. The third kappa shape index (κ3) is 2.42. The third-order valence-electron chi connectivity index (χ3n) is 1.84. The van der Waals surface area contributed by atoms with Crippen LogP contribution >= 0.6 is 0 Å². The summed E-state index contributed by atoms with van der Waals surface area (Å²) in [6, 6.07) is 6.61. The fourth-order valence-corrected chi connectivity index (χ4v) is 1.02. The Bertz CT molecular complexity index is 275. The first-order valence-electron chi connectivity index (χ1n) is 3.98. The van der Waals surface area contributed by atoms with Crippen molar-refractivity contribution in [2.45, 2.75) is 0 Å². The quantitative estimate of drug-likeness (QED) is 0.515. The molecule has 72 valence electrons. The number of hydrogen-bond donors (Lipinski definition) is 0. The monoisotopic (exact) mass is 181 g/mol. The summed E-state index contributed by atoms with van der Waals surface area (Å²) in [7, 11) is 4.50. The summed E-state index contributed by atoms with van der Waals surface area (Å²) < 4.78 is -0.483. The highest BCUT2D eigenvalue weighted by atomic mass is 16.5. The molecule has 4 nitrogen and oxygen atoms in total. The molecule has 13 heavy (non-hydrogen) atoms. The van der Waals surface area contributed by atoms with Gasteiger partial charge in [0.15, 0.2) is 0 Å². The summed E-state index contributed by atoms with van der Waals surface area (Å²) in [6.07, 6.45) is 0. The van der Waals surface area contributed by atoms with Crippen molar-refractivity contribution in [3.8, 4) is 0 Å². The molecule has 0 radical (unpaired) electrons. The van der Waals surface area contributed by atoms with E-state index in [1.54, 1.807) is 24.3 Å². The topological polar surface area (TPSA) is 49.4 Å². The Kier molecular flexibility index (Phi) is 2.56. The Hall–Kier alpha value is -1.10. The second-order valence-electron chi connectivity index (χ2n) is 3.36. The van der Waals surface area contributed by atoms with E-state index < -0.39 is 4.65 Å². The molecule has 0 spiro atoms. The van der Waals surface area contributed by atoms with Gasteiger partial charge in [-0.2, -0.15) is 0 Å². The summed E-state index contributed by atoms with van der Waals surface area (Å²) >= 11 is 0. The van der Waals surface area contributed by atoms with E-state index in [2.05, 4.69) is 0 Å². The summed E-state index contributed by atoms with van der Waals surface area (Å²) in [5, 5.41) is 23.0. The van der Waals surface area contributed by atoms with Gasteiger partial charge in [0.25, 0.3) is 0 Å². The van der Waals surface area contributed by atoms with Crippen molar-refractivity contribution in [2.24, 2.45) is 0 Å². The first-order valence-corrected chi connectivity index (χ1v) is 3.98. The molecule has 0 unspecified atom stereocenters. The van der Waals surface area contributed by atoms with Gasteiger partial charge in [-0.1, -0.05) is 0 Å². The van der Waals surface area contributed by atoms with E-state index in [0.717, 1.165) is 5.06 Å². The molecule has 0 aliphatic carbocycles. The second-order valence-corrected chi connectivity index (χ2v) is 3.36. The fraction of sp³-hybridized carbons (Fsp3) is 0.333. The Morgan fingerprint density at radius 1 is 1.15 bits per heavy atom. The minimum atomic E-state index is -0.483. The van der Waals surface area contributed by atoms with Crippen LogP contribution in [0.5, 0.6) is 0 Å². The number of rotatable bonds is 2. The molecule has 1 rings (SSSR count). The predicted molar refractivity (Wildman–Crippen MR) is 55.2 cm³/mol. The minimum Gasteiger partial charge on any atom is -0.758 e. The molecule has 0 N–H and O–H groups in total. The molecule has 0 atom stereocenters. The van der Waals surface area contributed by atoms with Crippen LogP contribution in [0.15, 0.2) is 24.3 Å². The Morgan fingerprint density at radius 3 is 1.92 bits per heavy atom. The Morgan fingerprint density at radius 2 is 1.62 bits per heavy atom. The molecule has 0 saturated carbocycles. The molecule has 0 aromatic heterocycles. The van der Waals surface area contributed by atoms with Crippen LogP contribution in [0.2, 0.25) is 0 Å². The number of hydroxylamine groups is 3. The number of nitrogens with zero attached hydrogens (tertiary/aromatic N) is 2. The first kappa shape index (κ1) is 9.98. The fourth-order valence-electron chi connectivity index (χ4n) is 1.02. The highest BCUT2D eigenvalue weighted by Crippen LogP contribution is 2.21.